The number of benzene rings is 1. The van der Waals surface area contributed by atoms with Gasteiger partial charge in [-0.1, -0.05) is 0 Å². The zero-order valence-corrected chi connectivity index (χ0v) is 15.1. The van der Waals surface area contributed by atoms with Gasteiger partial charge in [0, 0.05) is 23.2 Å². The zero-order chi connectivity index (χ0) is 16.9. The van der Waals surface area contributed by atoms with E-state index in [-0.39, 0.29) is 6.61 Å². The lowest BCUT2D eigenvalue weighted by Crippen LogP contribution is -2.62. The summed E-state index contributed by atoms with van der Waals surface area (Å²) in [6.45, 7) is 3.13. The van der Waals surface area contributed by atoms with E-state index in [2.05, 4.69) is 27.9 Å². The summed E-state index contributed by atoms with van der Waals surface area (Å²) in [5.41, 5.74) is -1.34. The van der Waals surface area contributed by atoms with E-state index in [0.717, 1.165) is 8.47 Å². The summed E-state index contributed by atoms with van der Waals surface area (Å²) in [7, 11) is 2.81. The molecule has 0 unspecified atom stereocenters. The monoisotopic (exact) mass is 418 g/mol. The largest absolute Gasteiger partial charge is 0.464 e. The molecule has 0 aliphatic heterocycles. The Kier molecular flexibility index (Phi) is 6.34. The molecule has 2 amide bonds. The van der Waals surface area contributed by atoms with Crippen molar-refractivity contribution in [3.05, 3.63) is 33.4 Å². The van der Waals surface area contributed by atoms with Crippen molar-refractivity contribution in [2.24, 2.45) is 0 Å². The van der Waals surface area contributed by atoms with E-state index >= 15 is 0 Å². The third kappa shape index (κ3) is 3.57. The Balaban J connectivity index is 3.18. The summed E-state index contributed by atoms with van der Waals surface area (Å²) >= 11 is 2.13. The number of likely N-dealkylation sites (N-methyl/N-ethyl adjacent to an activating group) is 2. The van der Waals surface area contributed by atoms with Gasteiger partial charge in [-0.15, -0.1) is 0 Å². The standard InChI is InChI=1S/C15H19IN2O4/c1-5-22-14(21)15(2,13(20)17-3)18(4)12(19)10-6-8-11(16)9-7-10/h6-9H,5H2,1-4H3,(H,17,20)/t15-/m0/s1. The van der Waals surface area contributed by atoms with E-state index < -0.39 is 23.3 Å². The molecule has 0 aliphatic carbocycles. The molecule has 0 radical (unpaired) electrons. The average Bonchev–Trinajstić information content (AvgIpc) is 2.52. The predicted molar refractivity (Wildman–Crippen MR) is 90.4 cm³/mol. The number of ether oxygens (including phenoxy) is 1. The van der Waals surface area contributed by atoms with E-state index in [1.165, 1.54) is 21.0 Å². The smallest absolute Gasteiger partial charge is 0.341 e. The summed E-state index contributed by atoms with van der Waals surface area (Å²) in [4.78, 5) is 38.1. The average molecular weight is 418 g/mol. The minimum absolute atomic E-state index is 0.122. The summed E-state index contributed by atoms with van der Waals surface area (Å²) in [5.74, 6) is -1.81. The number of carbonyl (C=O) groups is 3. The minimum atomic E-state index is -1.73. The molecule has 0 spiro atoms. The lowest BCUT2D eigenvalue weighted by atomic mass is 9.98. The third-order valence-corrected chi connectivity index (χ3v) is 4.13. The van der Waals surface area contributed by atoms with Crippen LogP contribution in [0.25, 0.3) is 0 Å². The molecule has 1 rings (SSSR count). The van der Waals surface area contributed by atoms with Crippen molar-refractivity contribution in [3.8, 4) is 0 Å². The molecular formula is C15H19IN2O4. The van der Waals surface area contributed by atoms with Gasteiger partial charge >= 0.3 is 5.97 Å². The molecule has 22 heavy (non-hydrogen) atoms. The van der Waals surface area contributed by atoms with Crippen molar-refractivity contribution < 1.29 is 19.1 Å². The Labute approximate surface area is 143 Å². The van der Waals surface area contributed by atoms with Gasteiger partial charge in [0.05, 0.1) is 6.61 Å². The number of hydrogen-bond donors (Lipinski definition) is 1. The van der Waals surface area contributed by atoms with E-state index in [0.29, 0.717) is 5.56 Å². The molecule has 1 aromatic carbocycles. The van der Waals surface area contributed by atoms with Gasteiger partial charge in [-0.2, -0.15) is 0 Å². The predicted octanol–water partition coefficient (Wildman–Crippen LogP) is 1.43. The molecule has 0 aromatic heterocycles. The lowest BCUT2D eigenvalue weighted by Gasteiger charge is -2.34. The van der Waals surface area contributed by atoms with Crippen LogP contribution >= 0.6 is 22.6 Å². The highest BCUT2D eigenvalue weighted by molar-refractivity contribution is 14.1. The Hall–Kier alpha value is -1.64. The number of halogens is 1. The number of hydrogen-bond acceptors (Lipinski definition) is 4. The third-order valence-electron chi connectivity index (χ3n) is 3.41. The second kappa shape index (κ2) is 7.57. The van der Waals surface area contributed by atoms with Crippen LogP contribution in [0, 0.1) is 3.57 Å². The number of amides is 2. The highest BCUT2D eigenvalue weighted by Crippen LogP contribution is 2.20. The Bertz CT molecular complexity index is 573. The fourth-order valence-electron chi connectivity index (χ4n) is 1.89. The van der Waals surface area contributed by atoms with Gasteiger partial charge in [-0.3, -0.25) is 9.59 Å². The number of esters is 1. The van der Waals surface area contributed by atoms with Crippen LogP contribution in [0.15, 0.2) is 24.3 Å². The van der Waals surface area contributed by atoms with Gasteiger partial charge in [0.2, 0.25) is 5.54 Å². The first kappa shape index (κ1) is 18.4. The summed E-state index contributed by atoms with van der Waals surface area (Å²) in [6, 6.07) is 6.86. The SMILES string of the molecule is CCOC(=O)[C@](C)(C(=O)NC)N(C)C(=O)c1ccc(I)cc1. The van der Waals surface area contributed by atoms with Crippen LogP contribution in [0.5, 0.6) is 0 Å². The zero-order valence-electron chi connectivity index (χ0n) is 13.0. The van der Waals surface area contributed by atoms with Crippen LogP contribution in [0.2, 0.25) is 0 Å². The normalized spacial score (nSPS) is 13.0. The van der Waals surface area contributed by atoms with Gasteiger partial charge in [-0.05, 0) is 60.7 Å². The van der Waals surface area contributed by atoms with E-state index in [4.69, 9.17) is 4.74 Å². The molecule has 0 fully saturated rings. The molecule has 1 N–H and O–H groups in total. The number of nitrogens with one attached hydrogen (secondary N) is 1. The Morgan fingerprint density at radius 1 is 1.27 bits per heavy atom. The van der Waals surface area contributed by atoms with Crippen molar-refractivity contribution in [2.45, 2.75) is 19.4 Å². The van der Waals surface area contributed by atoms with Crippen molar-refractivity contribution in [1.82, 2.24) is 10.2 Å². The highest BCUT2D eigenvalue weighted by Gasteiger charge is 2.48. The van der Waals surface area contributed by atoms with Crippen LogP contribution in [0.3, 0.4) is 0 Å². The van der Waals surface area contributed by atoms with E-state index in [9.17, 15) is 14.4 Å². The topological polar surface area (TPSA) is 75.7 Å². The number of carbonyl (C=O) groups excluding carboxylic acids is 3. The first-order valence-electron chi connectivity index (χ1n) is 6.72. The van der Waals surface area contributed by atoms with Crippen molar-refractivity contribution in [1.29, 1.82) is 0 Å². The fourth-order valence-corrected chi connectivity index (χ4v) is 2.25. The van der Waals surface area contributed by atoms with Gasteiger partial charge in [-0.25, -0.2) is 4.79 Å². The van der Waals surface area contributed by atoms with E-state index in [1.807, 2.05) is 0 Å². The number of rotatable bonds is 5. The fraction of sp³-hybridized carbons (Fsp3) is 0.400. The molecule has 0 heterocycles. The molecule has 6 nitrogen and oxygen atoms in total. The molecule has 1 aromatic rings. The molecule has 0 bridgehead atoms. The second-order valence-corrected chi connectivity index (χ2v) is 5.99. The van der Waals surface area contributed by atoms with Crippen LogP contribution in [-0.2, 0) is 14.3 Å². The highest BCUT2D eigenvalue weighted by atomic mass is 127. The minimum Gasteiger partial charge on any atom is -0.464 e. The van der Waals surface area contributed by atoms with Crippen molar-refractivity contribution >= 4 is 40.4 Å². The van der Waals surface area contributed by atoms with Crippen molar-refractivity contribution in [3.63, 3.8) is 0 Å². The molecule has 0 saturated carbocycles. The second-order valence-electron chi connectivity index (χ2n) is 4.74. The van der Waals surface area contributed by atoms with Crippen LogP contribution < -0.4 is 5.32 Å². The quantitative estimate of drug-likeness (QED) is 0.446. The van der Waals surface area contributed by atoms with Gasteiger partial charge < -0.3 is 15.0 Å². The first-order valence-corrected chi connectivity index (χ1v) is 7.80. The summed E-state index contributed by atoms with van der Waals surface area (Å²) in [5, 5.41) is 2.41. The van der Waals surface area contributed by atoms with Gasteiger partial charge in [0.25, 0.3) is 11.8 Å². The molecule has 0 aliphatic rings. The van der Waals surface area contributed by atoms with Gasteiger partial charge in [0.15, 0.2) is 0 Å². The first-order chi connectivity index (χ1) is 10.3. The molecular weight excluding hydrogens is 399 g/mol. The summed E-state index contributed by atoms with van der Waals surface area (Å²) in [6.07, 6.45) is 0. The van der Waals surface area contributed by atoms with Gasteiger partial charge in [0.1, 0.15) is 0 Å². The number of nitrogens with zero attached hydrogens (tertiary/aromatic N) is 1. The van der Waals surface area contributed by atoms with Crippen LogP contribution in [0.1, 0.15) is 24.2 Å². The van der Waals surface area contributed by atoms with Crippen LogP contribution in [-0.4, -0.2) is 48.9 Å². The molecule has 120 valence electrons. The maximum Gasteiger partial charge on any atom is 0.341 e. The van der Waals surface area contributed by atoms with Crippen LogP contribution in [0.4, 0.5) is 0 Å². The maximum absolute atomic E-state index is 12.6. The Morgan fingerprint density at radius 2 is 1.82 bits per heavy atom. The molecule has 7 heteroatoms. The molecule has 0 saturated heterocycles. The molecule has 1 atom stereocenters. The lowest BCUT2D eigenvalue weighted by molar-refractivity contribution is -0.159. The maximum atomic E-state index is 12.6. The Morgan fingerprint density at radius 3 is 2.27 bits per heavy atom. The van der Waals surface area contributed by atoms with Crippen molar-refractivity contribution in [2.75, 3.05) is 20.7 Å². The van der Waals surface area contributed by atoms with E-state index in [1.54, 1.807) is 31.2 Å². The summed E-state index contributed by atoms with van der Waals surface area (Å²) < 4.78 is 5.94.